The minimum atomic E-state index is -0.249. The molecule has 1 aliphatic rings. The van der Waals surface area contributed by atoms with E-state index < -0.39 is 0 Å². The molecule has 6 heteroatoms. The Labute approximate surface area is 181 Å². The smallest absolute Gasteiger partial charge is 0.228 e. The molecule has 0 aliphatic carbocycles. The van der Waals surface area contributed by atoms with Crippen molar-refractivity contribution in [3.63, 3.8) is 0 Å². The van der Waals surface area contributed by atoms with E-state index >= 15 is 0 Å². The van der Waals surface area contributed by atoms with Crippen molar-refractivity contribution in [3.05, 3.63) is 83.5 Å². The molecule has 1 aliphatic heterocycles. The number of ether oxygens (including phenoxy) is 1. The van der Waals surface area contributed by atoms with Gasteiger partial charge in [-0.25, -0.2) is 4.98 Å². The summed E-state index contributed by atoms with van der Waals surface area (Å²) < 4.78 is 14.0. The number of hydrogen-bond donors (Lipinski definition) is 1. The minimum Gasteiger partial charge on any atom is -0.468 e. The molecule has 2 aromatic carbocycles. The van der Waals surface area contributed by atoms with Crippen LogP contribution in [0.3, 0.4) is 0 Å². The van der Waals surface area contributed by atoms with Crippen LogP contribution in [0.5, 0.6) is 11.6 Å². The van der Waals surface area contributed by atoms with E-state index in [4.69, 9.17) is 14.6 Å². The standard InChI is InChI=1S/C25H26N4O2/c1-3-28(4-2)13-14-29-16-27-25-23(24(29)26)22(19-10-7-15-30-19)21-18-9-6-5-8-17(18)11-12-20(21)31-25/h5-12,15-16,22,26H,3-4,13-14H2,1-2H3. The van der Waals surface area contributed by atoms with E-state index in [1.807, 2.05) is 34.9 Å². The van der Waals surface area contributed by atoms with Crippen molar-refractivity contribution in [1.29, 1.82) is 5.41 Å². The second-order valence-electron chi connectivity index (χ2n) is 7.78. The van der Waals surface area contributed by atoms with Gasteiger partial charge in [-0.05, 0) is 42.1 Å². The molecule has 1 N–H and O–H groups in total. The number of rotatable bonds is 6. The number of fused-ring (bicyclic) bond motifs is 4. The summed E-state index contributed by atoms with van der Waals surface area (Å²) in [5.74, 6) is 1.79. The largest absolute Gasteiger partial charge is 0.468 e. The number of nitrogens with one attached hydrogen (secondary N) is 1. The zero-order valence-corrected chi connectivity index (χ0v) is 17.8. The van der Waals surface area contributed by atoms with Gasteiger partial charge < -0.3 is 18.6 Å². The van der Waals surface area contributed by atoms with Gasteiger partial charge in [0, 0.05) is 18.7 Å². The normalized spacial score (nSPS) is 15.0. The third-order valence-corrected chi connectivity index (χ3v) is 6.18. The lowest BCUT2D eigenvalue weighted by Crippen LogP contribution is -2.34. The van der Waals surface area contributed by atoms with Crippen LogP contribution in [0.1, 0.15) is 36.7 Å². The molecule has 0 saturated carbocycles. The highest BCUT2D eigenvalue weighted by molar-refractivity contribution is 5.90. The van der Waals surface area contributed by atoms with Crippen molar-refractivity contribution >= 4 is 10.8 Å². The number of nitrogens with zero attached hydrogens (tertiary/aromatic N) is 3. The molecule has 5 rings (SSSR count). The molecular formula is C25H26N4O2. The van der Waals surface area contributed by atoms with E-state index in [1.165, 1.54) is 0 Å². The van der Waals surface area contributed by atoms with Gasteiger partial charge in [0.15, 0.2) is 0 Å². The molecule has 0 radical (unpaired) electrons. The lowest BCUT2D eigenvalue weighted by Gasteiger charge is -2.28. The molecule has 0 spiro atoms. The van der Waals surface area contributed by atoms with E-state index in [9.17, 15) is 0 Å². The maximum atomic E-state index is 9.05. The Kier molecular flexibility index (Phi) is 5.08. The number of furan rings is 1. The van der Waals surface area contributed by atoms with E-state index in [1.54, 1.807) is 12.6 Å². The number of likely N-dealkylation sites (N-methyl/N-ethyl adjacent to an activating group) is 1. The van der Waals surface area contributed by atoms with Crippen LogP contribution in [0.15, 0.2) is 65.5 Å². The fourth-order valence-electron chi connectivity index (χ4n) is 4.46. The molecule has 31 heavy (non-hydrogen) atoms. The zero-order chi connectivity index (χ0) is 21.4. The van der Waals surface area contributed by atoms with Crippen LogP contribution in [0, 0.1) is 5.41 Å². The first-order valence-electron chi connectivity index (χ1n) is 10.8. The van der Waals surface area contributed by atoms with Gasteiger partial charge >= 0.3 is 0 Å². The summed E-state index contributed by atoms with van der Waals surface area (Å²) in [5, 5.41) is 11.3. The summed E-state index contributed by atoms with van der Waals surface area (Å²) in [6, 6.07) is 16.2. The Morgan fingerprint density at radius 2 is 1.87 bits per heavy atom. The molecule has 0 fully saturated rings. The van der Waals surface area contributed by atoms with Gasteiger partial charge in [-0.1, -0.05) is 44.2 Å². The SMILES string of the molecule is CCN(CC)CCn1cnc2c(c1=N)C(c1ccco1)c1c(ccc3ccccc13)O2. The van der Waals surface area contributed by atoms with Crippen molar-refractivity contribution in [1.82, 2.24) is 14.5 Å². The molecule has 0 amide bonds. The number of hydrogen-bond acceptors (Lipinski definition) is 5. The molecule has 0 bridgehead atoms. The molecular weight excluding hydrogens is 388 g/mol. The Hall–Kier alpha value is -3.38. The molecule has 158 valence electrons. The lowest BCUT2D eigenvalue weighted by molar-refractivity contribution is 0.286. The van der Waals surface area contributed by atoms with Crippen LogP contribution in [-0.4, -0.2) is 34.1 Å². The zero-order valence-electron chi connectivity index (χ0n) is 17.8. The minimum absolute atomic E-state index is 0.249. The Bertz CT molecular complexity index is 1270. The highest BCUT2D eigenvalue weighted by Crippen LogP contribution is 2.47. The van der Waals surface area contributed by atoms with Crippen molar-refractivity contribution < 1.29 is 9.15 Å². The maximum Gasteiger partial charge on any atom is 0.228 e. The summed E-state index contributed by atoms with van der Waals surface area (Å²) >= 11 is 0. The molecule has 6 nitrogen and oxygen atoms in total. The summed E-state index contributed by atoms with van der Waals surface area (Å²) in [6.07, 6.45) is 3.40. The quantitative estimate of drug-likeness (QED) is 0.436. The highest BCUT2D eigenvalue weighted by atomic mass is 16.5. The van der Waals surface area contributed by atoms with Crippen LogP contribution in [-0.2, 0) is 6.54 Å². The average Bonchev–Trinajstić information content (AvgIpc) is 3.34. The fourth-order valence-corrected chi connectivity index (χ4v) is 4.46. The number of benzene rings is 2. The van der Waals surface area contributed by atoms with Crippen LogP contribution in [0.2, 0.25) is 0 Å². The summed E-state index contributed by atoms with van der Waals surface area (Å²) in [4.78, 5) is 6.95. The average molecular weight is 415 g/mol. The van der Waals surface area contributed by atoms with E-state index in [2.05, 4.69) is 41.9 Å². The molecule has 2 aromatic heterocycles. The van der Waals surface area contributed by atoms with Gasteiger partial charge in [-0.2, -0.15) is 0 Å². The van der Waals surface area contributed by atoms with Crippen molar-refractivity contribution in [2.45, 2.75) is 26.3 Å². The maximum absolute atomic E-state index is 9.05. The third kappa shape index (κ3) is 3.33. The van der Waals surface area contributed by atoms with Crippen LogP contribution in [0.25, 0.3) is 10.8 Å². The Balaban J connectivity index is 1.68. The van der Waals surface area contributed by atoms with E-state index in [0.717, 1.165) is 53.0 Å². The third-order valence-electron chi connectivity index (χ3n) is 6.18. The summed E-state index contributed by atoms with van der Waals surface area (Å²) in [5.41, 5.74) is 2.19. The monoisotopic (exact) mass is 414 g/mol. The fraction of sp³-hybridized carbons (Fsp3) is 0.280. The first-order chi connectivity index (χ1) is 15.2. The first-order valence-corrected chi connectivity index (χ1v) is 10.8. The van der Waals surface area contributed by atoms with Gasteiger partial charge in [0.2, 0.25) is 5.88 Å². The summed E-state index contributed by atoms with van der Waals surface area (Å²) in [6.45, 7) is 7.86. The van der Waals surface area contributed by atoms with Crippen LogP contribution in [0.4, 0.5) is 0 Å². The molecule has 0 saturated heterocycles. The van der Waals surface area contributed by atoms with Gasteiger partial charge in [-0.15, -0.1) is 0 Å². The van der Waals surface area contributed by atoms with Gasteiger partial charge in [0.05, 0.1) is 17.7 Å². The molecule has 3 heterocycles. The Morgan fingerprint density at radius 3 is 2.65 bits per heavy atom. The van der Waals surface area contributed by atoms with Gasteiger partial charge in [0.25, 0.3) is 0 Å². The summed E-state index contributed by atoms with van der Waals surface area (Å²) in [7, 11) is 0. The van der Waals surface area contributed by atoms with Gasteiger partial charge in [-0.3, -0.25) is 5.41 Å². The second-order valence-corrected chi connectivity index (χ2v) is 7.78. The van der Waals surface area contributed by atoms with Crippen LogP contribution < -0.4 is 10.2 Å². The predicted octanol–water partition coefficient (Wildman–Crippen LogP) is 4.74. The lowest BCUT2D eigenvalue weighted by atomic mass is 9.84. The molecule has 4 aromatic rings. The predicted molar refractivity (Wildman–Crippen MR) is 120 cm³/mol. The first kappa shape index (κ1) is 19.6. The number of aromatic nitrogens is 2. The highest BCUT2D eigenvalue weighted by Gasteiger charge is 2.35. The topological polar surface area (TPSA) is 67.3 Å². The van der Waals surface area contributed by atoms with Gasteiger partial charge in [0.1, 0.15) is 23.3 Å². The second kappa shape index (κ2) is 8.04. The van der Waals surface area contributed by atoms with E-state index in [0.29, 0.717) is 17.9 Å². The van der Waals surface area contributed by atoms with Crippen molar-refractivity contribution in [2.24, 2.45) is 0 Å². The van der Waals surface area contributed by atoms with Crippen LogP contribution >= 0.6 is 0 Å². The van der Waals surface area contributed by atoms with Crippen molar-refractivity contribution in [3.8, 4) is 11.6 Å². The Morgan fingerprint density at radius 1 is 1.03 bits per heavy atom. The van der Waals surface area contributed by atoms with E-state index in [-0.39, 0.29) is 5.92 Å². The molecule has 1 unspecified atom stereocenters. The molecule has 1 atom stereocenters. The van der Waals surface area contributed by atoms with Crippen molar-refractivity contribution in [2.75, 3.05) is 19.6 Å².